The van der Waals surface area contributed by atoms with E-state index in [-0.39, 0.29) is 13.2 Å². The van der Waals surface area contributed by atoms with Crippen LogP contribution >= 0.6 is 0 Å². The van der Waals surface area contributed by atoms with Crippen molar-refractivity contribution in [3.8, 4) is 5.75 Å². The van der Waals surface area contributed by atoms with Crippen molar-refractivity contribution < 1.29 is 13.9 Å². The van der Waals surface area contributed by atoms with Crippen LogP contribution in [-0.2, 0) is 4.74 Å². The second kappa shape index (κ2) is 10.9. The van der Waals surface area contributed by atoms with Gasteiger partial charge in [0.1, 0.15) is 6.61 Å². The maximum absolute atomic E-state index is 12.4. The molecule has 0 bridgehead atoms. The number of hydrogen-bond donors (Lipinski definition) is 1. The van der Waals surface area contributed by atoms with E-state index in [0.717, 1.165) is 25.9 Å². The van der Waals surface area contributed by atoms with Gasteiger partial charge in [-0.3, -0.25) is 0 Å². The minimum atomic E-state index is 0.106. The number of nitrogens with two attached hydrogens (primary N) is 1. The van der Waals surface area contributed by atoms with Gasteiger partial charge in [-0.1, -0.05) is 13.8 Å². The molecule has 1 fully saturated rings. The van der Waals surface area contributed by atoms with Crippen LogP contribution in [0.25, 0.3) is 0 Å². The lowest BCUT2D eigenvalue weighted by Crippen LogP contribution is -2.37. The van der Waals surface area contributed by atoms with Gasteiger partial charge in [-0.15, -0.1) is 0 Å². The van der Waals surface area contributed by atoms with Crippen molar-refractivity contribution in [3.05, 3.63) is 24.3 Å². The number of halogens is 1. The molecule has 1 aromatic heterocycles. The molecule has 7 heteroatoms. The smallest absolute Gasteiger partial charge is 0.225 e. The molecule has 0 saturated carbocycles. The van der Waals surface area contributed by atoms with E-state index < -0.39 is 0 Å². The fraction of sp³-hybridized carbons (Fsp3) is 0.625. The molecule has 0 aliphatic carbocycles. The van der Waals surface area contributed by atoms with Crippen molar-refractivity contribution in [2.75, 3.05) is 38.3 Å². The number of aromatic nitrogens is 2. The molecule has 0 radical (unpaired) electrons. The van der Waals surface area contributed by atoms with Crippen LogP contribution in [0.15, 0.2) is 24.3 Å². The van der Waals surface area contributed by atoms with Crippen LogP contribution in [0.2, 0.25) is 0 Å². The first-order valence-electron chi connectivity index (χ1n) is 7.97. The van der Waals surface area contributed by atoms with Gasteiger partial charge in [0.15, 0.2) is 5.75 Å². The Morgan fingerprint density at radius 3 is 2.43 bits per heavy atom. The standard InChI is InChI=1S/C14H21FN4O2.C2H6/c1-20-12-2-4-19(5-3-12)14-17-8-13(9-18-14)21-10-11(6-15)7-16;1-2/h6,8-9,12H,2-5,7,10,16H2,1H3;1-2H3/b11-6+;. The molecule has 0 unspecified atom stereocenters. The zero-order valence-electron chi connectivity index (χ0n) is 14.2. The van der Waals surface area contributed by atoms with Crippen LogP contribution in [0.5, 0.6) is 5.75 Å². The van der Waals surface area contributed by atoms with Crippen LogP contribution in [0.1, 0.15) is 26.7 Å². The third-order valence-corrected chi connectivity index (χ3v) is 3.51. The van der Waals surface area contributed by atoms with E-state index in [4.69, 9.17) is 15.2 Å². The number of methoxy groups -OCH3 is 1. The first kappa shape index (κ1) is 19.3. The highest BCUT2D eigenvalue weighted by atomic mass is 19.1. The van der Waals surface area contributed by atoms with Crippen LogP contribution in [0, 0.1) is 0 Å². The highest BCUT2D eigenvalue weighted by Gasteiger charge is 2.20. The molecule has 2 rings (SSSR count). The van der Waals surface area contributed by atoms with Crippen molar-refractivity contribution >= 4 is 5.95 Å². The second-order valence-corrected chi connectivity index (χ2v) is 4.90. The van der Waals surface area contributed by atoms with E-state index in [0.29, 0.717) is 29.7 Å². The van der Waals surface area contributed by atoms with Crippen LogP contribution in [0.3, 0.4) is 0 Å². The Kier molecular flexibility index (Phi) is 9.16. The van der Waals surface area contributed by atoms with E-state index in [1.54, 1.807) is 19.5 Å². The summed E-state index contributed by atoms with van der Waals surface area (Å²) >= 11 is 0. The van der Waals surface area contributed by atoms with Gasteiger partial charge in [-0.2, -0.15) is 0 Å². The summed E-state index contributed by atoms with van der Waals surface area (Å²) in [5.74, 6) is 1.18. The van der Waals surface area contributed by atoms with E-state index in [1.165, 1.54) is 0 Å². The number of piperidine rings is 1. The molecule has 0 aromatic carbocycles. The highest BCUT2D eigenvalue weighted by molar-refractivity contribution is 5.32. The summed E-state index contributed by atoms with van der Waals surface area (Å²) < 4.78 is 23.1. The quantitative estimate of drug-likeness (QED) is 0.865. The molecular weight excluding hydrogens is 299 g/mol. The third kappa shape index (κ3) is 6.11. The van der Waals surface area contributed by atoms with Gasteiger partial charge in [0.05, 0.1) is 24.8 Å². The van der Waals surface area contributed by atoms with Crippen LogP contribution in [-0.4, -0.2) is 49.4 Å². The molecule has 130 valence electrons. The number of ether oxygens (including phenoxy) is 2. The predicted octanol–water partition coefficient (Wildman–Crippen LogP) is 2.31. The van der Waals surface area contributed by atoms with Crippen molar-refractivity contribution in [1.29, 1.82) is 0 Å². The minimum Gasteiger partial charge on any atom is -0.486 e. The molecule has 1 saturated heterocycles. The number of rotatable bonds is 6. The maximum Gasteiger partial charge on any atom is 0.225 e. The lowest BCUT2D eigenvalue weighted by Gasteiger charge is -2.31. The average Bonchev–Trinajstić information content (AvgIpc) is 2.65. The third-order valence-electron chi connectivity index (χ3n) is 3.51. The summed E-state index contributed by atoms with van der Waals surface area (Å²) in [7, 11) is 1.74. The first-order valence-corrected chi connectivity index (χ1v) is 7.97. The Hall–Kier alpha value is -1.73. The van der Waals surface area contributed by atoms with Crippen molar-refractivity contribution in [1.82, 2.24) is 9.97 Å². The van der Waals surface area contributed by atoms with E-state index >= 15 is 0 Å². The first-order chi connectivity index (χ1) is 11.3. The van der Waals surface area contributed by atoms with Crippen molar-refractivity contribution in [3.63, 3.8) is 0 Å². The monoisotopic (exact) mass is 326 g/mol. The van der Waals surface area contributed by atoms with Gasteiger partial charge >= 0.3 is 0 Å². The lowest BCUT2D eigenvalue weighted by molar-refractivity contribution is 0.0816. The summed E-state index contributed by atoms with van der Waals surface area (Å²) in [5.41, 5.74) is 5.74. The summed E-state index contributed by atoms with van der Waals surface area (Å²) in [6, 6.07) is 0. The molecule has 6 nitrogen and oxygen atoms in total. The molecule has 1 aliphatic rings. The molecule has 2 N–H and O–H groups in total. The zero-order chi connectivity index (χ0) is 17.1. The van der Waals surface area contributed by atoms with Gasteiger partial charge < -0.3 is 20.1 Å². The molecular formula is C16H27FN4O2. The van der Waals surface area contributed by atoms with Gasteiger partial charge in [0.25, 0.3) is 0 Å². The molecule has 0 amide bonds. The Morgan fingerprint density at radius 1 is 1.35 bits per heavy atom. The Morgan fingerprint density at radius 2 is 1.96 bits per heavy atom. The van der Waals surface area contributed by atoms with E-state index in [2.05, 4.69) is 14.9 Å². The number of nitrogens with zero attached hydrogens (tertiary/aromatic N) is 3. The normalized spacial score (nSPS) is 15.9. The molecule has 1 aliphatic heterocycles. The van der Waals surface area contributed by atoms with E-state index in [1.807, 2.05) is 13.8 Å². The highest BCUT2D eigenvalue weighted by Crippen LogP contribution is 2.19. The van der Waals surface area contributed by atoms with E-state index in [9.17, 15) is 4.39 Å². The fourth-order valence-electron chi connectivity index (χ4n) is 2.15. The Labute approximate surface area is 137 Å². The Bertz CT molecular complexity index is 460. The number of anilines is 1. The topological polar surface area (TPSA) is 73.5 Å². The minimum absolute atomic E-state index is 0.106. The van der Waals surface area contributed by atoms with Gasteiger partial charge in [0, 0.05) is 32.3 Å². The summed E-state index contributed by atoms with van der Waals surface area (Å²) in [4.78, 5) is 10.7. The average molecular weight is 326 g/mol. The van der Waals surface area contributed by atoms with Crippen molar-refractivity contribution in [2.45, 2.75) is 32.8 Å². The summed E-state index contributed by atoms with van der Waals surface area (Å²) in [6.45, 7) is 5.99. The summed E-state index contributed by atoms with van der Waals surface area (Å²) in [5, 5.41) is 0. The molecule has 2 heterocycles. The van der Waals surface area contributed by atoms with Gasteiger partial charge in [-0.05, 0) is 12.8 Å². The molecule has 23 heavy (non-hydrogen) atoms. The second-order valence-electron chi connectivity index (χ2n) is 4.90. The van der Waals surface area contributed by atoms with Crippen LogP contribution < -0.4 is 15.4 Å². The summed E-state index contributed by atoms with van der Waals surface area (Å²) in [6.07, 6.45) is 5.92. The zero-order valence-corrected chi connectivity index (χ0v) is 14.2. The largest absolute Gasteiger partial charge is 0.486 e. The molecule has 1 aromatic rings. The van der Waals surface area contributed by atoms with Crippen LogP contribution in [0.4, 0.5) is 10.3 Å². The number of hydrogen-bond acceptors (Lipinski definition) is 6. The maximum atomic E-state index is 12.4. The predicted molar refractivity (Wildman–Crippen MR) is 89.4 cm³/mol. The van der Waals surface area contributed by atoms with Gasteiger partial charge in [0.2, 0.25) is 5.95 Å². The molecule has 0 spiro atoms. The molecule has 0 atom stereocenters. The Balaban J connectivity index is 0.00000127. The lowest BCUT2D eigenvalue weighted by atomic mass is 10.1. The van der Waals surface area contributed by atoms with Gasteiger partial charge in [-0.25, -0.2) is 14.4 Å². The van der Waals surface area contributed by atoms with Crippen molar-refractivity contribution in [2.24, 2.45) is 5.73 Å². The SMILES string of the molecule is CC.COC1CCN(c2ncc(OC/C(=C/F)CN)cn2)CC1. The fourth-order valence-corrected chi connectivity index (χ4v) is 2.15.